The molecule has 0 unspecified atom stereocenters. The SMILES string of the molecule is O=C(O)c1conc1-c1ccccc1Br. The van der Waals surface area contributed by atoms with Crippen LogP contribution in [0, 0.1) is 0 Å². The van der Waals surface area contributed by atoms with Crippen LogP contribution in [0.1, 0.15) is 10.4 Å². The lowest BCUT2D eigenvalue weighted by molar-refractivity contribution is 0.0697. The molecule has 0 saturated heterocycles. The standard InChI is InChI=1S/C10H6BrNO3/c11-8-4-2-1-3-6(8)9-7(10(13)14)5-15-12-9/h1-5H,(H,13,14). The van der Waals surface area contributed by atoms with Crippen LogP contribution in [0.4, 0.5) is 0 Å². The fraction of sp³-hybridized carbons (Fsp3) is 0. The fourth-order valence-electron chi connectivity index (χ4n) is 1.24. The highest BCUT2D eigenvalue weighted by molar-refractivity contribution is 9.10. The molecule has 0 atom stereocenters. The van der Waals surface area contributed by atoms with Crippen molar-refractivity contribution < 1.29 is 14.4 Å². The van der Waals surface area contributed by atoms with E-state index in [1.807, 2.05) is 12.1 Å². The van der Waals surface area contributed by atoms with E-state index in [-0.39, 0.29) is 5.56 Å². The van der Waals surface area contributed by atoms with Crippen molar-refractivity contribution in [1.29, 1.82) is 0 Å². The van der Waals surface area contributed by atoms with E-state index in [0.29, 0.717) is 11.3 Å². The van der Waals surface area contributed by atoms with Gasteiger partial charge < -0.3 is 9.63 Å². The first kappa shape index (κ1) is 9.92. The molecule has 2 aromatic rings. The number of hydrogen-bond acceptors (Lipinski definition) is 3. The zero-order valence-corrected chi connectivity index (χ0v) is 9.06. The van der Waals surface area contributed by atoms with Gasteiger partial charge in [-0.2, -0.15) is 0 Å². The lowest BCUT2D eigenvalue weighted by Gasteiger charge is -1.99. The number of aromatic nitrogens is 1. The quantitative estimate of drug-likeness (QED) is 0.909. The van der Waals surface area contributed by atoms with Crippen molar-refractivity contribution in [3.8, 4) is 11.3 Å². The number of carboxylic acids is 1. The molecule has 5 heteroatoms. The summed E-state index contributed by atoms with van der Waals surface area (Å²) in [6.45, 7) is 0. The van der Waals surface area contributed by atoms with Crippen molar-refractivity contribution >= 4 is 21.9 Å². The maximum Gasteiger partial charge on any atom is 0.341 e. The van der Waals surface area contributed by atoms with Crippen molar-refractivity contribution in [3.63, 3.8) is 0 Å². The first-order valence-corrected chi connectivity index (χ1v) is 4.92. The van der Waals surface area contributed by atoms with Crippen LogP contribution in [-0.4, -0.2) is 16.2 Å². The van der Waals surface area contributed by atoms with Crippen LogP contribution in [0.3, 0.4) is 0 Å². The minimum atomic E-state index is -1.05. The first-order chi connectivity index (χ1) is 7.20. The third-order valence-corrected chi connectivity index (χ3v) is 2.62. The van der Waals surface area contributed by atoms with E-state index in [1.54, 1.807) is 12.1 Å². The average molecular weight is 268 g/mol. The second-order valence-electron chi connectivity index (χ2n) is 2.86. The van der Waals surface area contributed by atoms with Gasteiger partial charge in [-0.3, -0.25) is 0 Å². The Hall–Kier alpha value is -1.62. The van der Waals surface area contributed by atoms with Gasteiger partial charge in [-0.1, -0.05) is 39.3 Å². The molecule has 0 bridgehead atoms. The maximum absolute atomic E-state index is 10.9. The van der Waals surface area contributed by atoms with E-state index in [1.165, 1.54) is 0 Å². The monoisotopic (exact) mass is 267 g/mol. The van der Waals surface area contributed by atoms with Gasteiger partial charge >= 0.3 is 5.97 Å². The highest BCUT2D eigenvalue weighted by Gasteiger charge is 2.17. The number of carbonyl (C=O) groups is 1. The minimum absolute atomic E-state index is 0.0573. The first-order valence-electron chi connectivity index (χ1n) is 4.12. The summed E-state index contributed by atoms with van der Waals surface area (Å²) >= 11 is 3.33. The van der Waals surface area contributed by atoms with Gasteiger partial charge in [0.15, 0.2) is 0 Å². The Bertz CT molecular complexity index is 507. The van der Waals surface area contributed by atoms with Gasteiger partial charge in [0.2, 0.25) is 0 Å². The Labute approximate surface area is 93.6 Å². The van der Waals surface area contributed by atoms with Gasteiger partial charge in [-0.25, -0.2) is 4.79 Å². The van der Waals surface area contributed by atoms with Crippen LogP contribution in [0.2, 0.25) is 0 Å². The van der Waals surface area contributed by atoms with E-state index < -0.39 is 5.97 Å². The number of aromatic carboxylic acids is 1. The predicted octanol–water partition coefficient (Wildman–Crippen LogP) is 2.80. The number of carboxylic acid groups (broad SMARTS) is 1. The molecule has 15 heavy (non-hydrogen) atoms. The normalized spacial score (nSPS) is 10.2. The number of rotatable bonds is 2. The summed E-state index contributed by atoms with van der Waals surface area (Å²) in [4.78, 5) is 10.9. The molecule has 76 valence electrons. The third-order valence-electron chi connectivity index (χ3n) is 1.93. The molecular weight excluding hydrogens is 262 g/mol. The smallest absolute Gasteiger partial charge is 0.341 e. The van der Waals surface area contributed by atoms with Crippen LogP contribution in [0.25, 0.3) is 11.3 Å². The van der Waals surface area contributed by atoms with Gasteiger partial charge in [-0.15, -0.1) is 0 Å². The van der Waals surface area contributed by atoms with E-state index >= 15 is 0 Å². The summed E-state index contributed by atoms with van der Waals surface area (Å²) in [5.74, 6) is -1.05. The summed E-state index contributed by atoms with van der Waals surface area (Å²) < 4.78 is 5.44. The molecule has 1 N–H and O–H groups in total. The Balaban J connectivity index is 2.59. The zero-order chi connectivity index (χ0) is 10.8. The van der Waals surface area contributed by atoms with Crippen LogP contribution in [0.15, 0.2) is 39.5 Å². The largest absolute Gasteiger partial charge is 0.477 e. The molecular formula is C10H6BrNO3. The Kier molecular flexibility index (Phi) is 2.55. The van der Waals surface area contributed by atoms with Gasteiger partial charge in [0.25, 0.3) is 0 Å². The predicted molar refractivity (Wildman–Crippen MR) is 56.6 cm³/mol. The molecule has 1 heterocycles. The highest BCUT2D eigenvalue weighted by atomic mass is 79.9. The molecule has 0 saturated carbocycles. The summed E-state index contributed by atoms with van der Waals surface area (Å²) in [5, 5.41) is 12.6. The summed E-state index contributed by atoms with van der Waals surface area (Å²) in [7, 11) is 0. The molecule has 4 nitrogen and oxygen atoms in total. The van der Waals surface area contributed by atoms with E-state index in [2.05, 4.69) is 25.6 Å². The fourth-order valence-corrected chi connectivity index (χ4v) is 1.71. The maximum atomic E-state index is 10.9. The van der Waals surface area contributed by atoms with Crippen LogP contribution in [0.5, 0.6) is 0 Å². The van der Waals surface area contributed by atoms with Crippen LogP contribution < -0.4 is 0 Å². The lowest BCUT2D eigenvalue weighted by Crippen LogP contribution is -1.96. The lowest BCUT2D eigenvalue weighted by atomic mass is 10.1. The Morgan fingerprint density at radius 3 is 2.80 bits per heavy atom. The Morgan fingerprint density at radius 1 is 1.40 bits per heavy atom. The van der Waals surface area contributed by atoms with Crippen molar-refractivity contribution in [1.82, 2.24) is 5.16 Å². The molecule has 2 rings (SSSR count). The van der Waals surface area contributed by atoms with Crippen molar-refractivity contribution in [3.05, 3.63) is 40.6 Å². The highest BCUT2D eigenvalue weighted by Crippen LogP contribution is 2.29. The summed E-state index contributed by atoms with van der Waals surface area (Å²) in [6, 6.07) is 7.23. The van der Waals surface area contributed by atoms with Gasteiger partial charge in [-0.05, 0) is 6.07 Å². The topological polar surface area (TPSA) is 63.3 Å². The number of halogens is 1. The Morgan fingerprint density at radius 2 is 2.13 bits per heavy atom. The van der Waals surface area contributed by atoms with E-state index in [0.717, 1.165) is 10.7 Å². The van der Waals surface area contributed by atoms with E-state index in [4.69, 9.17) is 5.11 Å². The van der Waals surface area contributed by atoms with Crippen molar-refractivity contribution in [2.24, 2.45) is 0 Å². The van der Waals surface area contributed by atoms with Gasteiger partial charge in [0, 0.05) is 10.0 Å². The summed E-state index contributed by atoms with van der Waals surface area (Å²) in [5.41, 5.74) is 1.08. The molecule has 0 aliphatic heterocycles. The molecule has 0 radical (unpaired) electrons. The molecule has 0 aliphatic rings. The average Bonchev–Trinajstić information content (AvgIpc) is 2.67. The molecule has 1 aromatic heterocycles. The third kappa shape index (κ3) is 1.78. The number of hydrogen-bond donors (Lipinski definition) is 1. The zero-order valence-electron chi connectivity index (χ0n) is 7.48. The van der Waals surface area contributed by atoms with Crippen LogP contribution >= 0.6 is 15.9 Å². The summed E-state index contributed by atoms with van der Waals surface area (Å²) in [6.07, 6.45) is 1.12. The second-order valence-corrected chi connectivity index (χ2v) is 3.72. The second kappa shape index (κ2) is 3.86. The van der Waals surface area contributed by atoms with Crippen molar-refractivity contribution in [2.45, 2.75) is 0 Å². The number of nitrogens with zero attached hydrogens (tertiary/aromatic N) is 1. The van der Waals surface area contributed by atoms with E-state index in [9.17, 15) is 4.79 Å². The molecule has 0 aliphatic carbocycles. The molecule has 1 aromatic carbocycles. The molecule has 0 spiro atoms. The van der Waals surface area contributed by atoms with Crippen LogP contribution in [-0.2, 0) is 0 Å². The molecule has 0 amide bonds. The number of benzene rings is 1. The van der Waals surface area contributed by atoms with Crippen molar-refractivity contribution in [2.75, 3.05) is 0 Å². The van der Waals surface area contributed by atoms with Gasteiger partial charge in [0.1, 0.15) is 17.5 Å². The molecule has 0 fully saturated rings. The minimum Gasteiger partial charge on any atom is -0.477 e. The van der Waals surface area contributed by atoms with Gasteiger partial charge in [0.05, 0.1) is 0 Å².